The van der Waals surface area contributed by atoms with Crippen LogP contribution in [0.2, 0.25) is 0 Å². The Bertz CT molecular complexity index is 501. The van der Waals surface area contributed by atoms with E-state index in [1.807, 2.05) is 13.8 Å². The molecule has 0 saturated heterocycles. The first-order valence-electron chi connectivity index (χ1n) is 6.42. The van der Waals surface area contributed by atoms with Gasteiger partial charge in [-0.1, -0.05) is 15.9 Å². The predicted octanol–water partition coefficient (Wildman–Crippen LogP) is 2.45. The van der Waals surface area contributed by atoms with Crippen molar-refractivity contribution in [3.05, 3.63) is 28.2 Å². The number of halogens is 1. The van der Waals surface area contributed by atoms with E-state index in [0.717, 1.165) is 4.47 Å². The van der Waals surface area contributed by atoms with Crippen LogP contribution in [0, 0.1) is 0 Å². The van der Waals surface area contributed by atoms with Gasteiger partial charge in [0.15, 0.2) is 0 Å². The Kier molecular flexibility index (Phi) is 6.01. The van der Waals surface area contributed by atoms with Crippen molar-refractivity contribution in [3.8, 4) is 0 Å². The molecule has 0 unspecified atom stereocenters. The van der Waals surface area contributed by atoms with Crippen LogP contribution in [0.25, 0.3) is 0 Å². The summed E-state index contributed by atoms with van der Waals surface area (Å²) in [6.45, 7) is 5.28. The number of hydrogen-bond donors (Lipinski definition) is 1. The van der Waals surface area contributed by atoms with E-state index in [0.29, 0.717) is 18.8 Å². The van der Waals surface area contributed by atoms with Crippen LogP contribution < -0.4 is 4.90 Å². The predicted molar refractivity (Wildman–Crippen MR) is 82.3 cm³/mol. The Labute approximate surface area is 127 Å². The third-order valence-corrected chi connectivity index (χ3v) is 3.58. The third kappa shape index (κ3) is 3.96. The molecule has 0 aliphatic carbocycles. The van der Waals surface area contributed by atoms with Gasteiger partial charge in [0.2, 0.25) is 5.91 Å². The molecule has 0 fully saturated rings. The molecule has 0 saturated carbocycles. The smallest absolute Gasteiger partial charge is 0.337 e. The quantitative estimate of drug-likeness (QED) is 0.862. The molecule has 1 rings (SSSR count). The summed E-state index contributed by atoms with van der Waals surface area (Å²) in [7, 11) is 1.72. The molecule has 110 valence electrons. The van der Waals surface area contributed by atoms with E-state index in [2.05, 4.69) is 15.9 Å². The zero-order valence-electron chi connectivity index (χ0n) is 11.9. The van der Waals surface area contributed by atoms with Gasteiger partial charge in [-0.15, -0.1) is 0 Å². The van der Waals surface area contributed by atoms with E-state index in [9.17, 15) is 14.7 Å². The van der Waals surface area contributed by atoms with Gasteiger partial charge in [-0.25, -0.2) is 4.79 Å². The lowest BCUT2D eigenvalue weighted by atomic mass is 10.1. The summed E-state index contributed by atoms with van der Waals surface area (Å²) in [5.41, 5.74) is 0.704. The van der Waals surface area contributed by atoms with E-state index in [4.69, 9.17) is 0 Å². The lowest BCUT2D eigenvalue weighted by molar-refractivity contribution is -0.129. The van der Waals surface area contributed by atoms with Gasteiger partial charge in [0.25, 0.3) is 0 Å². The van der Waals surface area contributed by atoms with Crippen LogP contribution in [-0.2, 0) is 4.79 Å². The molecule has 5 nitrogen and oxygen atoms in total. The maximum atomic E-state index is 12.1. The second kappa shape index (κ2) is 7.28. The van der Waals surface area contributed by atoms with Gasteiger partial charge in [0, 0.05) is 24.6 Å². The average molecular weight is 343 g/mol. The molecule has 0 bridgehead atoms. The SMILES string of the molecule is CCN(CC)C(=O)CN(C)c1cc(Br)ccc1C(=O)O. The second-order valence-electron chi connectivity index (χ2n) is 4.39. The molecule has 6 heteroatoms. The highest BCUT2D eigenvalue weighted by atomic mass is 79.9. The number of carbonyl (C=O) groups excluding carboxylic acids is 1. The Balaban J connectivity index is 2.97. The van der Waals surface area contributed by atoms with E-state index in [1.54, 1.807) is 29.0 Å². The minimum Gasteiger partial charge on any atom is -0.478 e. The zero-order chi connectivity index (χ0) is 15.3. The van der Waals surface area contributed by atoms with Crippen molar-refractivity contribution in [1.29, 1.82) is 0 Å². The van der Waals surface area contributed by atoms with Gasteiger partial charge in [-0.3, -0.25) is 4.79 Å². The fourth-order valence-corrected chi connectivity index (χ4v) is 2.31. The van der Waals surface area contributed by atoms with Crippen molar-refractivity contribution in [2.24, 2.45) is 0 Å². The number of amides is 1. The van der Waals surface area contributed by atoms with E-state index >= 15 is 0 Å². The van der Waals surface area contributed by atoms with Crippen LogP contribution in [0.1, 0.15) is 24.2 Å². The maximum Gasteiger partial charge on any atom is 0.337 e. The van der Waals surface area contributed by atoms with Gasteiger partial charge in [0.05, 0.1) is 17.8 Å². The van der Waals surface area contributed by atoms with Crippen molar-refractivity contribution in [3.63, 3.8) is 0 Å². The summed E-state index contributed by atoms with van der Waals surface area (Å²) < 4.78 is 0.777. The number of aromatic carboxylic acids is 1. The highest BCUT2D eigenvalue weighted by Gasteiger charge is 2.18. The molecule has 1 aromatic carbocycles. The Morgan fingerprint density at radius 2 is 1.85 bits per heavy atom. The van der Waals surface area contributed by atoms with Crippen molar-refractivity contribution in [2.75, 3.05) is 31.6 Å². The first-order chi connectivity index (χ1) is 9.40. The van der Waals surface area contributed by atoms with Crippen LogP contribution >= 0.6 is 15.9 Å². The molecule has 20 heavy (non-hydrogen) atoms. The minimum atomic E-state index is -1.00. The number of carboxylic acids is 1. The molecule has 0 aromatic heterocycles. The number of rotatable bonds is 6. The molecule has 0 spiro atoms. The van der Waals surface area contributed by atoms with E-state index in [-0.39, 0.29) is 18.0 Å². The number of nitrogens with zero attached hydrogens (tertiary/aromatic N) is 2. The number of benzene rings is 1. The van der Waals surface area contributed by atoms with Crippen molar-refractivity contribution >= 4 is 33.5 Å². The molecule has 0 radical (unpaired) electrons. The van der Waals surface area contributed by atoms with Crippen LogP contribution in [-0.4, -0.2) is 48.6 Å². The lowest BCUT2D eigenvalue weighted by Crippen LogP contribution is -2.39. The molecule has 1 aromatic rings. The normalized spacial score (nSPS) is 10.2. The molecule has 0 heterocycles. The number of hydrogen-bond acceptors (Lipinski definition) is 3. The summed E-state index contributed by atoms with van der Waals surface area (Å²) in [6, 6.07) is 4.91. The van der Waals surface area contributed by atoms with E-state index < -0.39 is 5.97 Å². The highest BCUT2D eigenvalue weighted by Crippen LogP contribution is 2.24. The van der Waals surface area contributed by atoms with Crippen LogP contribution in [0.4, 0.5) is 5.69 Å². The Morgan fingerprint density at radius 1 is 1.25 bits per heavy atom. The van der Waals surface area contributed by atoms with Gasteiger partial charge in [0.1, 0.15) is 0 Å². The zero-order valence-corrected chi connectivity index (χ0v) is 13.5. The van der Waals surface area contributed by atoms with Crippen molar-refractivity contribution in [1.82, 2.24) is 4.90 Å². The molecule has 0 aliphatic heterocycles. The van der Waals surface area contributed by atoms with E-state index in [1.165, 1.54) is 6.07 Å². The monoisotopic (exact) mass is 342 g/mol. The summed E-state index contributed by atoms with van der Waals surface area (Å²) >= 11 is 3.32. The minimum absolute atomic E-state index is 0.0196. The standard InChI is InChI=1S/C14H19BrN2O3/c1-4-17(5-2)13(18)9-16(3)12-8-10(15)6-7-11(12)14(19)20/h6-8H,4-5,9H2,1-3H3,(H,19,20). The number of carboxylic acid groups (broad SMARTS) is 1. The number of likely N-dealkylation sites (N-methyl/N-ethyl adjacent to an activating group) is 2. The van der Waals surface area contributed by atoms with Crippen molar-refractivity contribution in [2.45, 2.75) is 13.8 Å². The average Bonchev–Trinajstić information content (AvgIpc) is 2.39. The fraction of sp³-hybridized carbons (Fsp3) is 0.429. The summed E-state index contributed by atoms with van der Waals surface area (Å²) in [5.74, 6) is -1.02. The first-order valence-corrected chi connectivity index (χ1v) is 7.21. The van der Waals surface area contributed by atoms with Crippen LogP contribution in [0.3, 0.4) is 0 Å². The molecular formula is C14H19BrN2O3. The summed E-state index contributed by atoms with van der Waals surface area (Å²) in [6.07, 6.45) is 0. The van der Waals surface area contributed by atoms with Crippen LogP contribution in [0.15, 0.2) is 22.7 Å². The van der Waals surface area contributed by atoms with Crippen LogP contribution in [0.5, 0.6) is 0 Å². The second-order valence-corrected chi connectivity index (χ2v) is 5.30. The van der Waals surface area contributed by atoms with Gasteiger partial charge in [-0.05, 0) is 32.0 Å². The number of anilines is 1. The molecular weight excluding hydrogens is 324 g/mol. The van der Waals surface area contributed by atoms with Gasteiger partial charge >= 0.3 is 5.97 Å². The summed E-state index contributed by atoms with van der Waals surface area (Å²) in [4.78, 5) is 26.7. The molecule has 1 amide bonds. The van der Waals surface area contributed by atoms with Gasteiger partial charge < -0.3 is 14.9 Å². The van der Waals surface area contributed by atoms with Crippen molar-refractivity contribution < 1.29 is 14.7 Å². The first kappa shape index (κ1) is 16.5. The topological polar surface area (TPSA) is 60.9 Å². The lowest BCUT2D eigenvalue weighted by Gasteiger charge is -2.25. The fourth-order valence-electron chi connectivity index (χ4n) is 1.97. The maximum absolute atomic E-state index is 12.1. The number of carbonyl (C=O) groups is 2. The Morgan fingerprint density at radius 3 is 2.35 bits per heavy atom. The highest BCUT2D eigenvalue weighted by molar-refractivity contribution is 9.10. The third-order valence-electron chi connectivity index (χ3n) is 3.09. The molecule has 0 aliphatic rings. The molecule has 1 N–H and O–H groups in total. The largest absolute Gasteiger partial charge is 0.478 e. The molecule has 0 atom stereocenters. The summed E-state index contributed by atoms with van der Waals surface area (Å²) in [5, 5.41) is 9.20. The Hall–Kier alpha value is -1.56. The van der Waals surface area contributed by atoms with Gasteiger partial charge in [-0.2, -0.15) is 0 Å².